The molecular weight excluding hydrogens is 238 g/mol. The van der Waals surface area contributed by atoms with Gasteiger partial charge in [0.15, 0.2) is 17.4 Å². The molecule has 0 fully saturated rings. The Kier molecular flexibility index (Phi) is 482. The summed E-state index contributed by atoms with van der Waals surface area (Å²) in [4.78, 5) is 0. The smallest absolute Gasteiger partial charge is 0.187 e. The minimum atomic E-state index is 0. The average molecular weight is 246 g/mol. The Morgan fingerprint density at radius 2 is 1.00 bits per heavy atom. The van der Waals surface area contributed by atoms with Crippen LogP contribution < -0.4 is 6.15 Å². The second-order valence-electron chi connectivity index (χ2n) is 0. The Bertz CT molecular complexity index is 8.00. The fraction of sp³-hybridized carbons (Fsp3) is 0. The molecule has 0 aromatic rings. The zero-order chi connectivity index (χ0) is 0. The molecule has 0 rings (SSSR count). The summed E-state index contributed by atoms with van der Waals surface area (Å²) in [5.41, 5.74) is 0. The molecular formula is H8AlNOTa. The maximum absolute atomic E-state index is 0. The summed E-state index contributed by atoms with van der Waals surface area (Å²) < 4.78 is 0. The van der Waals surface area contributed by atoms with Crippen molar-refractivity contribution < 1.29 is 27.9 Å². The maximum atomic E-state index is 0. The molecule has 0 aliphatic heterocycles. The Morgan fingerprint density at radius 3 is 1.00 bits per heavy atom. The van der Waals surface area contributed by atoms with Crippen molar-refractivity contribution >= 4 is 17.4 Å². The monoisotopic (exact) mass is 246 g/mol. The molecule has 0 aromatic heterocycles. The van der Waals surface area contributed by atoms with Crippen molar-refractivity contribution in [2.75, 3.05) is 0 Å². The average Bonchev–Trinajstić information content (AvgIpc) is 0. The fourth-order valence-electron chi connectivity index (χ4n) is 0. The molecule has 0 amide bonds. The van der Waals surface area contributed by atoms with Gasteiger partial charge in [-0.1, -0.05) is 0 Å². The van der Waals surface area contributed by atoms with Crippen LogP contribution in [0.4, 0.5) is 0 Å². The molecule has 0 spiro atoms. The van der Waals surface area contributed by atoms with Crippen molar-refractivity contribution in [1.29, 1.82) is 0 Å². The van der Waals surface area contributed by atoms with E-state index in [1.54, 1.807) is 0 Å². The van der Waals surface area contributed by atoms with E-state index >= 15 is 0 Å². The molecule has 4 heteroatoms. The third kappa shape index (κ3) is 10.8. The van der Waals surface area contributed by atoms with Crippen molar-refractivity contribution in [2.24, 2.45) is 0 Å². The van der Waals surface area contributed by atoms with Crippen molar-refractivity contribution in [1.82, 2.24) is 6.15 Å². The standard InChI is InChI=1S/Al.H3N.H2O.Ta.3H/h;1H3;1H2;;;;. The number of hydrogen-bond donors (Lipinski definition) is 1. The van der Waals surface area contributed by atoms with Gasteiger partial charge in [-0.2, -0.15) is 0 Å². The first-order chi connectivity index (χ1) is 0. The zero-order valence-electron chi connectivity index (χ0n) is 1.65. The summed E-state index contributed by atoms with van der Waals surface area (Å²) in [6, 6.07) is 0. The van der Waals surface area contributed by atoms with Gasteiger partial charge in [0, 0.05) is 22.4 Å². The molecule has 0 aliphatic rings. The van der Waals surface area contributed by atoms with Gasteiger partial charge < -0.3 is 11.6 Å². The van der Waals surface area contributed by atoms with Crippen LogP contribution in [0.3, 0.4) is 0 Å². The summed E-state index contributed by atoms with van der Waals surface area (Å²) in [6.07, 6.45) is 0. The first-order valence-corrected chi connectivity index (χ1v) is 0. The summed E-state index contributed by atoms with van der Waals surface area (Å²) in [6.45, 7) is 0. The number of hydrogen-bond acceptors (Lipinski definition) is 1. The molecule has 0 heterocycles. The first-order valence-electron chi connectivity index (χ1n) is 0. The van der Waals surface area contributed by atoms with Crippen LogP contribution in [0.15, 0.2) is 0 Å². The van der Waals surface area contributed by atoms with Crippen LogP contribution in [-0.4, -0.2) is 22.8 Å². The van der Waals surface area contributed by atoms with E-state index in [1.807, 2.05) is 0 Å². The van der Waals surface area contributed by atoms with Gasteiger partial charge in [0.1, 0.15) is 0 Å². The van der Waals surface area contributed by atoms with E-state index in [0.717, 1.165) is 0 Å². The second-order valence-corrected chi connectivity index (χ2v) is 0. The Hall–Kier alpha value is 1.19. The first kappa shape index (κ1) is 64.2. The van der Waals surface area contributed by atoms with Crippen LogP contribution in [-0.2, 0) is 22.4 Å². The van der Waals surface area contributed by atoms with Crippen LogP contribution in [0, 0.1) is 0 Å². The van der Waals surface area contributed by atoms with Gasteiger partial charge in [-0.05, 0) is 0 Å². The van der Waals surface area contributed by atoms with Gasteiger partial charge in [0.2, 0.25) is 0 Å². The molecule has 4 heavy (non-hydrogen) atoms. The molecule has 27 valence electrons. The normalized spacial score (nSPS) is 0. The maximum Gasteiger partial charge on any atom is 0.187 e. The van der Waals surface area contributed by atoms with E-state index in [4.69, 9.17) is 0 Å². The predicted octanol–water partition coefficient (Wildman–Crippen LogP) is -1.85. The molecule has 0 bridgehead atoms. The van der Waals surface area contributed by atoms with E-state index in [9.17, 15) is 0 Å². The summed E-state index contributed by atoms with van der Waals surface area (Å²) in [5.74, 6) is 0. The Morgan fingerprint density at radius 1 is 1.00 bits per heavy atom. The Balaban J connectivity index is 0. The van der Waals surface area contributed by atoms with E-state index in [0.29, 0.717) is 0 Å². The van der Waals surface area contributed by atoms with Gasteiger partial charge in [-0.3, -0.25) is 0 Å². The predicted molar refractivity (Wildman–Crippen MR) is 18.6 cm³/mol. The minimum Gasteiger partial charge on any atom is -0.412 e. The van der Waals surface area contributed by atoms with Crippen LogP contribution in [0.1, 0.15) is 0 Å². The fourth-order valence-corrected chi connectivity index (χ4v) is 0. The van der Waals surface area contributed by atoms with Gasteiger partial charge in [0.05, 0.1) is 0 Å². The van der Waals surface area contributed by atoms with Crippen molar-refractivity contribution in [2.45, 2.75) is 0 Å². The molecule has 2 nitrogen and oxygen atoms in total. The van der Waals surface area contributed by atoms with Crippen LogP contribution in [0.2, 0.25) is 0 Å². The zero-order valence-corrected chi connectivity index (χ0v) is 4.87. The molecule has 0 saturated heterocycles. The molecule has 0 atom stereocenters. The van der Waals surface area contributed by atoms with E-state index in [2.05, 4.69) is 0 Å². The molecule has 0 aliphatic carbocycles. The molecule has 0 unspecified atom stereocenters. The topological polar surface area (TPSA) is 66.5 Å². The van der Waals surface area contributed by atoms with Gasteiger partial charge in [0.25, 0.3) is 0 Å². The summed E-state index contributed by atoms with van der Waals surface area (Å²) in [5, 5.41) is 0. The van der Waals surface area contributed by atoms with E-state index in [-0.39, 0.29) is 51.4 Å². The molecule has 5 N–H and O–H groups in total. The SMILES string of the molecule is N.O.[AlH3].[Ta]. The van der Waals surface area contributed by atoms with Crippen molar-refractivity contribution in [3.8, 4) is 0 Å². The van der Waals surface area contributed by atoms with Crippen molar-refractivity contribution in [3.05, 3.63) is 0 Å². The van der Waals surface area contributed by atoms with E-state index < -0.39 is 0 Å². The van der Waals surface area contributed by atoms with E-state index in [1.165, 1.54) is 0 Å². The summed E-state index contributed by atoms with van der Waals surface area (Å²) in [7, 11) is 0. The van der Waals surface area contributed by atoms with Crippen LogP contribution in [0.25, 0.3) is 0 Å². The quantitative estimate of drug-likeness (QED) is 0.501. The number of rotatable bonds is 0. The van der Waals surface area contributed by atoms with Crippen molar-refractivity contribution in [3.63, 3.8) is 0 Å². The Labute approximate surface area is 51.5 Å². The van der Waals surface area contributed by atoms with Gasteiger partial charge in [-0.15, -0.1) is 0 Å². The van der Waals surface area contributed by atoms with Crippen LogP contribution in [0.5, 0.6) is 0 Å². The molecule has 1 radical (unpaired) electrons. The largest absolute Gasteiger partial charge is 0.412 e. The van der Waals surface area contributed by atoms with Crippen LogP contribution >= 0.6 is 0 Å². The van der Waals surface area contributed by atoms with Gasteiger partial charge >= 0.3 is 0 Å². The molecule has 0 aromatic carbocycles. The molecule has 0 saturated carbocycles. The second kappa shape index (κ2) is 30.0. The third-order valence-electron chi connectivity index (χ3n) is 0. The third-order valence-corrected chi connectivity index (χ3v) is 0. The minimum absolute atomic E-state index is 0. The summed E-state index contributed by atoms with van der Waals surface area (Å²) >= 11 is 0. The van der Waals surface area contributed by atoms with Gasteiger partial charge in [-0.25, -0.2) is 0 Å².